The molecule has 0 saturated heterocycles. The van der Waals surface area contributed by atoms with Gasteiger partial charge in [-0.25, -0.2) is 0 Å². The Balaban J connectivity index is 2.68. The van der Waals surface area contributed by atoms with Crippen molar-refractivity contribution in [3.63, 3.8) is 0 Å². The Morgan fingerprint density at radius 2 is 2.05 bits per heavy atom. The van der Waals surface area contributed by atoms with E-state index in [1.807, 2.05) is 6.07 Å². The number of rotatable bonds is 7. The van der Waals surface area contributed by atoms with E-state index in [1.165, 1.54) is 18.6 Å². The van der Waals surface area contributed by atoms with E-state index in [0.717, 1.165) is 12.8 Å². The summed E-state index contributed by atoms with van der Waals surface area (Å²) >= 11 is 0. The zero-order chi connectivity index (χ0) is 15.1. The molecule has 0 heterocycles. The molecule has 0 spiro atoms. The predicted octanol–water partition coefficient (Wildman–Crippen LogP) is 4.09. The van der Waals surface area contributed by atoms with Crippen LogP contribution in [0.15, 0.2) is 18.2 Å². The first-order valence-corrected chi connectivity index (χ1v) is 6.89. The summed E-state index contributed by atoms with van der Waals surface area (Å²) in [6, 6.07) is 6.58. The molecule has 1 atom stereocenters. The lowest BCUT2D eigenvalue weighted by atomic mass is 10.0. The minimum atomic E-state index is -0.489. The molecule has 0 aliphatic rings. The van der Waals surface area contributed by atoms with Crippen LogP contribution >= 0.6 is 0 Å². The Kier molecular flexibility index (Phi) is 5.98. The zero-order valence-corrected chi connectivity index (χ0v) is 12.2. The number of non-ortho nitro benzene ring substituents is 1. The molecule has 108 valence electrons. The molecule has 0 amide bonds. The standard InChI is InChI=1S/C15H21N3O2/c1-11(2)5-4-6-12(3)17-15-8-7-14(18(19)20)9-13(15)10-16/h7-9,11-12,17H,4-6H2,1-3H3. The van der Waals surface area contributed by atoms with Gasteiger partial charge in [0.05, 0.1) is 16.2 Å². The number of nitrogens with one attached hydrogen (secondary N) is 1. The molecule has 0 saturated carbocycles. The van der Waals surface area contributed by atoms with Gasteiger partial charge in [-0.3, -0.25) is 10.1 Å². The van der Waals surface area contributed by atoms with Crippen LogP contribution in [0.1, 0.15) is 45.6 Å². The molecule has 0 aliphatic carbocycles. The van der Waals surface area contributed by atoms with Crippen molar-refractivity contribution in [1.82, 2.24) is 0 Å². The fourth-order valence-electron chi connectivity index (χ4n) is 2.03. The Morgan fingerprint density at radius 1 is 1.35 bits per heavy atom. The highest BCUT2D eigenvalue weighted by molar-refractivity contribution is 5.61. The molecule has 5 heteroatoms. The normalized spacial score (nSPS) is 11.9. The van der Waals surface area contributed by atoms with E-state index in [4.69, 9.17) is 5.26 Å². The highest BCUT2D eigenvalue weighted by Gasteiger charge is 2.12. The van der Waals surface area contributed by atoms with Crippen LogP contribution < -0.4 is 5.32 Å². The average Bonchev–Trinajstić information content (AvgIpc) is 2.38. The third kappa shape index (κ3) is 4.88. The summed E-state index contributed by atoms with van der Waals surface area (Å²) in [5, 5.41) is 23.0. The maximum atomic E-state index is 10.7. The van der Waals surface area contributed by atoms with Crippen molar-refractivity contribution >= 4 is 11.4 Å². The van der Waals surface area contributed by atoms with Crippen LogP contribution in [0.4, 0.5) is 11.4 Å². The summed E-state index contributed by atoms with van der Waals surface area (Å²) in [5.41, 5.74) is 0.921. The number of nitro groups is 1. The molecule has 1 unspecified atom stereocenters. The van der Waals surface area contributed by atoms with Crippen molar-refractivity contribution in [3.8, 4) is 6.07 Å². The first-order chi connectivity index (χ1) is 9.43. The molecule has 20 heavy (non-hydrogen) atoms. The van der Waals surface area contributed by atoms with Gasteiger partial charge < -0.3 is 5.32 Å². The van der Waals surface area contributed by atoms with Gasteiger partial charge in [-0.1, -0.05) is 26.7 Å². The van der Waals surface area contributed by atoms with Crippen molar-refractivity contribution < 1.29 is 4.92 Å². The first-order valence-electron chi connectivity index (χ1n) is 6.89. The lowest BCUT2D eigenvalue weighted by molar-refractivity contribution is -0.384. The fourth-order valence-corrected chi connectivity index (χ4v) is 2.03. The fraction of sp³-hybridized carbons (Fsp3) is 0.533. The van der Waals surface area contributed by atoms with E-state index in [2.05, 4.69) is 26.1 Å². The monoisotopic (exact) mass is 275 g/mol. The van der Waals surface area contributed by atoms with Crippen molar-refractivity contribution in [1.29, 1.82) is 5.26 Å². The smallest absolute Gasteiger partial charge is 0.270 e. The van der Waals surface area contributed by atoms with Gasteiger partial charge in [0.25, 0.3) is 5.69 Å². The van der Waals surface area contributed by atoms with E-state index in [-0.39, 0.29) is 11.7 Å². The maximum absolute atomic E-state index is 10.7. The zero-order valence-electron chi connectivity index (χ0n) is 12.2. The van der Waals surface area contributed by atoms with Crippen LogP contribution in [0.25, 0.3) is 0 Å². The molecule has 0 aromatic heterocycles. The summed E-state index contributed by atoms with van der Waals surface area (Å²) in [6.07, 6.45) is 3.32. The molecule has 0 fully saturated rings. The maximum Gasteiger partial charge on any atom is 0.270 e. The molecule has 0 bridgehead atoms. The van der Waals surface area contributed by atoms with E-state index >= 15 is 0 Å². The van der Waals surface area contributed by atoms with Gasteiger partial charge in [-0.2, -0.15) is 5.26 Å². The van der Waals surface area contributed by atoms with E-state index < -0.39 is 4.92 Å². The van der Waals surface area contributed by atoms with Crippen LogP contribution in [-0.2, 0) is 0 Å². The molecule has 1 rings (SSSR count). The summed E-state index contributed by atoms with van der Waals surface area (Å²) < 4.78 is 0. The molecular weight excluding hydrogens is 254 g/mol. The topological polar surface area (TPSA) is 79.0 Å². The van der Waals surface area contributed by atoms with Gasteiger partial charge in [-0.05, 0) is 25.3 Å². The van der Waals surface area contributed by atoms with Crippen LogP contribution in [0.2, 0.25) is 0 Å². The van der Waals surface area contributed by atoms with Crippen LogP contribution in [0.3, 0.4) is 0 Å². The Hall–Kier alpha value is -2.09. The summed E-state index contributed by atoms with van der Waals surface area (Å²) in [7, 11) is 0. The SMILES string of the molecule is CC(C)CCCC(C)Nc1ccc([N+](=O)[O-])cc1C#N. The van der Waals surface area contributed by atoms with E-state index in [9.17, 15) is 10.1 Å². The second kappa shape index (κ2) is 7.49. The second-order valence-corrected chi connectivity index (χ2v) is 5.47. The lowest BCUT2D eigenvalue weighted by Crippen LogP contribution is -2.16. The van der Waals surface area contributed by atoms with Gasteiger partial charge >= 0.3 is 0 Å². The number of anilines is 1. The molecule has 1 N–H and O–H groups in total. The predicted molar refractivity (Wildman–Crippen MR) is 79.6 cm³/mol. The Morgan fingerprint density at radius 3 is 2.60 bits per heavy atom. The minimum Gasteiger partial charge on any atom is -0.382 e. The third-order valence-corrected chi connectivity index (χ3v) is 3.15. The van der Waals surface area contributed by atoms with E-state index in [1.54, 1.807) is 6.07 Å². The summed E-state index contributed by atoms with van der Waals surface area (Å²) in [6.45, 7) is 6.45. The number of hydrogen-bond donors (Lipinski definition) is 1. The molecule has 1 aromatic rings. The molecule has 5 nitrogen and oxygen atoms in total. The first kappa shape index (κ1) is 16.0. The van der Waals surface area contributed by atoms with Crippen LogP contribution in [0.5, 0.6) is 0 Å². The second-order valence-electron chi connectivity index (χ2n) is 5.47. The molecule has 0 aliphatic heterocycles. The van der Waals surface area contributed by atoms with Crippen LogP contribution in [-0.4, -0.2) is 11.0 Å². The highest BCUT2D eigenvalue weighted by atomic mass is 16.6. The van der Waals surface area contributed by atoms with Gasteiger partial charge in [0.15, 0.2) is 0 Å². The quantitative estimate of drug-likeness (QED) is 0.600. The number of benzene rings is 1. The number of hydrogen-bond acceptors (Lipinski definition) is 4. The van der Waals surface area contributed by atoms with Gasteiger partial charge in [0.2, 0.25) is 0 Å². The molecular formula is C15H21N3O2. The van der Waals surface area contributed by atoms with Crippen LogP contribution in [0, 0.1) is 27.4 Å². The highest BCUT2D eigenvalue weighted by Crippen LogP contribution is 2.23. The number of nitro benzene ring substituents is 1. The number of nitriles is 1. The van der Waals surface area contributed by atoms with Crippen molar-refractivity contribution in [3.05, 3.63) is 33.9 Å². The molecule has 1 aromatic carbocycles. The lowest BCUT2D eigenvalue weighted by Gasteiger charge is -2.16. The Bertz CT molecular complexity index is 506. The van der Waals surface area contributed by atoms with Gasteiger partial charge in [-0.15, -0.1) is 0 Å². The summed E-state index contributed by atoms with van der Waals surface area (Å²) in [5.74, 6) is 0.691. The third-order valence-electron chi connectivity index (χ3n) is 3.15. The minimum absolute atomic E-state index is 0.0560. The molecule has 0 radical (unpaired) electrons. The van der Waals surface area contributed by atoms with Gasteiger partial charge in [0.1, 0.15) is 6.07 Å². The van der Waals surface area contributed by atoms with Crippen molar-refractivity contribution in [2.45, 2.75) is 46.1 Å². The van der Waals surface area contributed by atoms with Crippen molar-refractivity contribution in [2.24, 2.45) is 5.92 Å². The largest absolute Gasteiger partial charge is 0.382 e. The van der Waals surface area contributed by atoms with Crippen molar-refractivity contribution in [2.75, 3.05) is 5.32 Å². The van der Waals surface area contributed by atoms with Gasteiger partial charge in [0, 0.05) is 18.2 Å². The average molecular weight is 275 g/mol. The number of nitrogens with zero attached hydrogens (tertiary/aromatic N) is 2. The van der Waals surface area contributed by atoms with E-state index in [0.29, 0.717) is 17.2 Å². The summed E-state index contributed by atoms with van der Waals surface area (Å²) in [4.78, 5) is 10.2. The Labute approximate surface area is 119 Å².